The van der Waals surface area contributed by atoms with Crippen molar-refractivity contribution in [3.05, 3.63) is 17.5 Å². The van der Waals surface area contributed by atoms with Gasteiger partial charge in [-0.15, -0.1) is 0 Å². The van der Waals surface area contributed by atoms with Crippen molar-refractivity contribution in [3.8, 4) is 0 Å². The maximum absolute atomic E-state index is 13.1. The third-order valence-corrected chi connectivity index (χ3v) is 5.26. The van der Waals surface area contributed by atoms with Gasteiger partial charge in [0.2, 0.25) is 5.91 Å². The lowest BCUT2D eigenvalue weighted by Crippen LogP contribution is -2.61. The predicted molar refractivity (Wildman–Crippen MR) is 87.3 cm³/mol. The average Bonchev–Trinajstić information content (AvgIpc) is 3.16. The van der Waals surface area contributed by atoms with Crippen molar-refractivity contribution in [1.82, 2.24) is 19.6 Å². The fourth-order valence-corrected chi connectivity index (χ4v) is 4.13. The zero-order valence-electron chi connectivity index (χ0n) is 14.7. The molecule has 6 nitrogen and oxygen atoms in total. The predicted octanol–water partition coefficient (Wildman–Crippen LogP) is 2.59. The molecule has 3 heterocycles. The zero-order valence-corrected chi connectivity index (χ0v) is 14.7. The number of piperidine rings is 1. The SMILES string of the molecule is CCCN1CCCC2(CCCN2C(=O)c2cc(C)n(C(F)F)n2)C1=O. The molecule has 1 aromatic heterocycles. The van der Waals surface area contributed by atoms with E-state index in [4.69, 9.17) is 0 Å². The van der Waals surface area contributed by atoms with Crippen molar-refractivity contribution in [2.45, 2.75) is 58.0 Å². The molecular weight excluding hydrogens is 330 g/mol. The van der Waals surface area contributed by atoms with Gasteiger partial charge in [0.05, 0.1) is 0 Å². The van der Waals surface area contributed by atoms with Crippen molar-refractivity contribution in [2.75, 3.05) is 19.6 Å². The van der Waals surface area contributed by atoms with Crippen LogP contribution in [0.2, 0.25) is 0 Å². The van der Waals surface area contributed by atoms with Crippen LogP contribution in [0, 0.1) is 6.92 Å². The standard InChI is InChI=1S/C17H24F2N4O2/c1-3-8-21-9-4-6-17(15(21)25)7-5-10-22(17)14(24)13-11-12(2)23(20-13)16(18)19/h11,16H,3-10H2,1-2H3. The van der Waals surface area contributed by atoms with E-state index in [1.54, 1.807) is 4.90 Å². The first-order chi connectivity index (χ1) is 11.9. The van der Waals surface area contributed by atoms with Gasteiger partial charge >= 0.3 is 6.55 Å². The third kappa shape index (κ3) is 2.91. The summed E-state index contributed by atoms with van der Waals surface area (Å²) in [6.45, 7) is 2.59. The van der Waals surface area contributed by atoms with E-state index in [2.05, 4.69) is 5.10 Å². The van der Waals surface area contributed by atoms with Gasteiger partial charge < -0.3 is 9.80 Å². The Morgan fingerprint density at radius 1 is 1.32 bits per heavy atom. The summed E-state index contributed by atoms with van der Waals surface area (Å²) in [6.07, 6.45) is 3.72. The molecule has 138 valence electrons. The summed E-state index contributed by atoms with van der Waals surface area (Å²) in [5, 5.41) is 3.76. The van der Waals surface area contributed by atoms with E-state index in [1.807, 2.05) is 11.8 Å². The van der Waals surface area contributed by atoms with Gasteiger partial charge in [-0.25, -0.2) is 4.68 Å². The zero-order chi connectivity index (χ0) is 18.2. The molecule has 2 amide bonds. The Bertz CT molecular complexity index is 674. The average molecular weight is 354 g/mol. The number of nitrogens with zero attached hydrogens (tertiary/aromatic N) is 4. The molecule has 0 N–H and O–H groups in total. The maximum atomic E-state index is 13.1. The molecule has 2 aliphatic rings. The number of alkyl halides is 2. The molecule has 3 rings (SSSR count). The lowest BCUT2D eigenvalue weighted by molar-refractivity contribution is -0.145. The summed E-state index contributed by atoms with van der Waals surface area (Å²) >= 11 is 0. The van der Waals surface area contributed by atoms with Crippen LogP contribution >= 0.6 is 0 Å². The number of rotatable bonds is 4. The molecule has 2 saturated heterocycles. The molecule has 0 aromatic carbocycles. The van der Waals surface area contributed by atoms with Crippen LogP contribution in [0.4, 0.5) is 8.78 Å². The minimum absolute atomic E-state index is 0.00327. The van der Waals surface area contributed by atoms with Crippen LogP contribution in [0.25, 0.3) is 0 Å². The summed E-state index contributed by atoms with van der Waals surface area (Å²) in [5.74, 6) is -0.428. The highest BCUT2D eigenvalue weighted by Gasteiger charge is 2.53. The van der Waals surface area contributed by atoms with Crippen LogP contribution in [0.15, 0.2) is 6.07 Å². The minimum Gasteiger partial charge on any atom is -0.341 e. The summed E-state index contributed by atoms with van der Waals surface area (Å²) in [6, 6.07) is 1.37. The van der Waals surface area contributed by atoms with E-state index in [1.165, 1.54) is 13.0 Å². The highest BCUT2D eigenvalue weighted by atomic mass is 19.3. The van der Waals surface area contributed by atoms with Crippen molar-refractivity contribution in [2.24, 2.45) is 0 Å². The van der Waals surface area contributed by atoms with Crippen molar-refractivity contribution in [1.29, 1.82) is 0 Å². The van der Waals surface area contributed by atoms with Crippen molar-refractivity contribution >= 4 is 11.8 Å². The maximum Gasteiger partial charge on any atom is 0.333 e. The van der Waals surface area contributed by atoms with E-state index >= 15 is 0 Å². The lowest BCUT2D eigenvalue weighted by Gasteiger charge is -2.44. The number of likely N-dealkylation sites (tertiary alicyclic amines) is 2. The fourth-order valence-electron chi connectivity index (χ4n) is 4.13. The fraction of sp³-hybridized carbons (Fsp3) is 0.706. The van der Waals surface area contributed by atoms with Crippen LogP contribution in [-0.4, -0.2) is 56.6 Å². The molecule has 1 spiro atoms. The monoisotopic (exact) mass is 354 g/mol. The van der Waals surface area contributed by atoms with E-state index in [0.29, 0.717) is 30.6 Å². The van der Waals surface area contributed by atoms with Gasteiger partial charge in [0.25, 0.3) is 5.91 Å². The molecule has 1 unspecified atom stereocenters. The van der Waals surface area contributed by atoms with Gasteiger partial charge in [0.1, 0.15) is 5.54 Å². The number of aryl methyl sites for hydroxylation is 1. The first kappa shape index (κ1) is 17.8. The molecule has 1 atom stereocenters. The van der Waals surface area contributed by atoms with Gasteiger partial charge in [-0.05, 0) is 45.1 Å². The molecule has 25 heavy (non-hydrogen) atoms. The topological polar surface area (TPSA) is 58.4 Å². The Morgan fingerprint density at radius 3 is 2.60 bits per heavy atom. The summed E-state index contributed by atoms with van der Waals surface area (Å²) in [4.78, 5) is 29.4. The molecule has 0 bridgehead atoms. The van der Waals surface area contributed by atoms with Crippen LogP contribution < -0.4 is 0 Å². The molecule has 0 saturated carbocycles. The Labute approximate surface area is 145 Å². The Hall–Kier alpha value is -1.99. The van der Waals surface area contributed by atoms with Crippen molar-refractivity contribution < 1.29 is 18.4 Å². The highest BCUT2D eigenvalue weighted by Crippen LogP contribution is 2.39. The summed E-state index contributed by atoms with van der Waals surface area (Å²) < 4.78 is 26.4. The molecule has 0 radical (unpaired) electrons. The second-order valence-corrected chi connectivity index (χ2v) is 6.88. The highest BCUT2D eigenvalue weighted by molar-refractivity contribution is 5.99. The lowest BCUT2D eigenvalue weighted by atomic mass is 9.85. The van der Waals surface area contributed by atoms with Gasteiger partial charge in [-0.1, -0.05) is 6.92 Å². The molecular formula is C17H24F2N4O2. The second-order valence-electron chi connectivity index (χ2n) is 6.88. The number of carbonyl (C=O) groups excluding carboxylic acids is 2. The Kier molecular flexibility index (Phi) is 4.79. The van der Waals surface area contributed by atoms with Gasteiger partial charge in [-0.2, -0.15) is 13.9 Å². The second kappa shape index (κ2) is 6.72. The number of amides is 2. The molecule has 0 aliphatic carbocycles. The Balaban J connectivity index is 1.89. The number of hydrogen-bond donors (Lipinski definition) is 0. The number of aromatic nitrogens is 2. The van der Waals surface area contributed by atoms with Crippen molar-refractivity contribution in [3.63, 3.8) is 0 Å². The largest absolute Gasteiger partial charge is 0.341 e. The minimum atomic E-state index is -2.79. The number of hydrogen-bond acceptors (Lipinski definition) is 3. The van der Waals surface area contributed by atoms with Crippen LogP contribution in [0.3, 0.4) is 0 Å². The third-order valence-electron chi connectivity index (χ3n) is 5.26. The van der Waals surface area contributed by atoms with E-state index in [-0.39, 0.29) is 17.3 Å². The van der Waals surface area contributed by atoms with Crippen LogP contribution in [-0.2, 0) is 4.79 Å². The van der Waals surface area contributed by atoms with E-state index < -0.39 is 18.0 Å². The number of halogens is 2. The van der Waals surface area contributed by atoms with E-state index in [9.17, 15) is 18.4 Å². The van der Waals surface area contributed by atoms with Gasteiger partial charge in [0, 0.05) is 25.3 Å². The Morgan fingerprint density at radius 2 is 2.00 bits per heavy atom. The number of carbonyl (C=O) groups is 2. The molecule has 8 heteroatoms. The summed E-state index contributed by atoms with van der Waals surface area (Å²) in [5.41, 5.74) is -0.610. The van der Waals surface area contributed by atoms with Crippen LogP contribution in [0.5, 0.6) is 0 Å². The normalized spacial score (nSPS) is 24.0. The van der Waals surface area contributed by atoms with E-state index in [0.717, 1.165) is 25.8 Å². The van der Waals surface area contributed by atoms with Gasteiger partial charge in [-0.3, -0.25) is 9.59 Å². The smallest absolute Gasteiger partial charge is 0.333 e. The first-order valence-electron chi connectivity index (χ1n) is 8.86. The quantitative estimate of drug-likeness (QED) is 0.835. The first-order valence-corrected chi connectivity index (χ1v) is 8.86. The van der Waals surface area contributed by atoms with Gasteiger partial charge in [0.15, 0.2) is 5.69 Å². The molecule has 2 fully saturated rings. The molecule has 1 aromatic rings. The summed E-state index contributed by atoms with van der Waals surface area (Å²) in [7, 11) is 0. The van der Waals surface area contributed by atoms with Crippen LogP contribution in [0.1, 0.15) is 61.8 Å². The molecule has 2 aliphatic heterocycles.